The maximum absolute atomic E-state index is 13.3. The summed E-state index contributed by atoms with van der Waals surface area (Å²) in [7, 11) is 0. The van der Waals surface area contributed by atoms with Crippen molar-refractivity contribution >= 4 is 40.4 Å². The van der Waals surface area contributed by atoms with Gasteiger partial charge >= 0.3 is 6.03 Å². The average molecular weight is 430 g/mol. The van der Waals surface area contributed by atoms with Gasteiger partial charge in [0.15, 0.2) is 0 Å². The molecule has 4 rings (SSSR count). The number of amides is 4. The normalized spacial score (nSPS) is 15.2. The molecule has 0 aromatic heterocycles. The highest BCUT2D eigenvalue weighted by Gasteiger charge is 2.37. The van der Waals surface area contributed by atoms with E-state index in [0.717, 1.165) is 15.7 Å². The quantitative estimate of drug-likeness (QED) is 0.465. The van der Waals surface area contributed by atoms with Gasteiger partial charge in [-0.3, -0.25) is 14.9 Å². The highest BCUT2D eigenvalue weighted by atomic mass is 16.5. The van der Waals surface area contributed by atoms with E-state index in [1.807, 2.05) is 44.2 Å². The van der Waals surface area contributed by atoms with E-state index >= 15 is 0 Å². The Labute approximate surface area is 185 Å². The summed E-state index contributed by atoms with van der Waals surface area (Å²) in [5.74, 6) is -0.301. The number of nitrogens with zero attached hydrogens (tertiary/aromatic N) is 1. The Kier molecular flexibility index (Phi) is 5.89. The van der Waals surface area contributed by atoms with Crippen LogP contribution >= 0.6 is 0 Å². The molecular weight excluding hydrogens is 408 g/mol. The zero-order valence-corrected chi connectivity index (χ0v) is 17.8. The first-order valence-corrected chi connectivity index (χ1v) is 10.3. The molecule has 0 atom stereocenters. The summed E-state index contributed by atoms with van der Waals surface area (Å²) in [5, 5.41) is 4.02. The number of hydrogen-bond acceptors (Lipinski definition) is 5. The third-order valence-electron chi connectivity index (χ3n) is 5.03. The van der Waals surface area contributed by atoms with Crippen molar-refractivity contribution in [3.63, 3.8) is 0 Å². The molecule has 3 aromatic carbocycles. The lowest BCUT2D eigenvalue weighted by atomic mass is 9.99. The van der Waals surface area contributed by atoms with Gasteiger partial charge in [-0.1, -0.05) is 30.3 Å². The third-order valence-corrected chi connectivity index (χ3v) is 5.03. The van der Waals surface area contributed by atoms with Gasteiger partial charge in [-0.15, -0.1) is 0 Å². The van der Waals surface area contributed by atoms with Crippen molar-refractivity contribution < 1.29 is 23.9 Å². The summed E-state index contributed by atoms with van der Waals surface area (Å²) >= 11 is 0. The summed E-state index contributed by atoms with van der Waals surface area (Å²) in [5.41, 5.74) is 0.775. The van der Waals surface area contributed by atoms with Gasteiger partial charge in [-0.25, -0.2) is 9.69 Å². The number of hydrogen-bond donors (Lipinski definition) is 1. The van der Waals surface area contributed by atoms with E-state index in [1.54, 1.807) is 30.3 Å². The van der Waals surface area contributed by atoms with Crippen LogP contribution in [0.4, 0.5) is 10.5 Å². The first-order valence-electron chi connectivity index (χ1n) is 10.3. The van der Waals surface area contributed by atoms with Crippen LogP contribution < -0.4 is 19.7 Å². The van der Waals surface area contributed by atoms with Gasteiger partial charge < -0.3 is 9.47 Å². The standard InChI is InChI=1S/C25H22N2O5/c1-3-31-18-12-10-17(11-13-18)27-24(29)21(23(28)26-25(27)30)15-20-19-8-6-5-7-16(19)9-14-22(20)32-4-2/h5-15H,3-4H2,1-2H3,(H,26,28,30)/b21-15-. The summed E-state index contributed by atoms with van der Waals surface area (Å²) in [6.07, 6.45) is 1.49. The fourth-order valence-electron chi connectivity index (χ4n) is 3.60. The van der Waals surface area contributed by atoms with Crippen LogP contribution in [-0.4, -0.2) is 31.1 Å². The smallest absolute Gasteiger partial charge is 0.335 e. The molecule has 0 radical (unpaired) electrons. The molecular formula is C25H22N2O5. The van der Waals surface area contributed by atoms with Crippen molar-refractivity contribution in [2.45, 2.75) is 13.8 Å². The highest BCUT2D eigenvalue weighted by molar-refractivity contribution is 6.39. The molecule has 0 spiro atoms. The van der Waals surface area contributed by atoms with Gasteiger partial charge in [-0.05, 0) is 61.0 Å². The maximum atomic E-state index is 13.3. The molecule has 1 saturated heterocycles. The number of carbonyl (C=O) groups excluding carboxylic acids is 3. The van der Waals surface area contributed by atoms with Crippen molar-refractivity contribution in [1.29, 1.82) is 0 Å². The predicted octanol–water partition coefficient (Wildman–Crippen LogP) is 4.30. The molecule has 1 heterocycles. The van der Waals surface area contributed by atoms with Gasteiger partial charge in [-0.2, -0.15) is 0 Å². The van der Waals surface area contributed by atoms with Crippen molar-refractivity contribution in [1.82, 2.24) is 5.32 Å². The number of urea groups is 1. The number of ether oxygens (including phenoxy) is 2. The largest absolute Gasteiger partial charge is 0.494 e. The van der Waals surface area contributed by atoms with Gasteiger partial charge in [0.2, 0.25) is 0 Å². The highest BCUT2D eigenvalue weighted by Crippen LogP contribution is 2.32. The SMILES string of the molecule is CCOc1ccc(N2C(=O)NC(=O)/C(=C/c3c(OCC)ccc4ccccc34)C2=O)cc1. The Bertz CT molecular complexity index is 1230. The van der Waals surface area contributed by atoms with E-state index in [2.05, 4.69) is 5.32 Å². The lowest BCUT2D eigenvalue weighted by Crippen LogP contribution is -2.54. The van der Waals surface area contributed by atoms with Crippen LogP contribution in [0.25, 0.3) is 16.8 Å². The molecule has 4 amide bonds. The van der Waals surface area contributed by atoms with Crippen molar-refractivity contribution in [3.05, 3.63) is 71.8 Å². The van der Waals surface area contributed by atoms with Crippen LogP contribution in [-0.2, 0) is 9.59 Å². The molecule has 7 nitrogen and oxygen atoms in total. The second-order valence-corrected chi connectivity index (χ2v) is 7.02. The lowest BCUT2D eigenvalue weighted by Gasteiger charge is -2.26. The maximum Gasteiger partial charge on any atom is 0.335 e. The number of anilines is 1. The van der Waals surface area contributed by atoms with Crippen LogP contribution in [0.5, 0.6) is 11.5 Å². The first-order chi connectivity index (χ1) is 15.5. The number of carbonyl (C=O) groups is 3. The minimum atomic E-state index is -0.802. The molecule has 0 aliphatic carbocycles. The number of nitrogens with one attached hydrogen (secondary N) is 1. The van der Waals surface area contributed by atoms with Gasteiger partial charge in [0.1, 0.15) is 17.1 Å². The summed E-state index contributed by atoms with van der Waals surface area (Å²) in [4.78, 5) is 39.3. The van der Waals surface area contributed by atoms with E-state index < -0.39 is 17.8 Å². The Morgan fingerprint density at radius 3 is 2.31 bits per heavy atom. The Morgan fingerprint density at radius 1 is 0.875 bits per heavy atom. The van der Waals surface area contributed by atoms with E-state index in [-0.39, 0.29) is 5.57 Å². The van der Waals surface area contributed by atoms with E-state index in [9.17, 15) is 14.4 Å². The van der Waals surface area contributed by atoms with Gasteiger partial charge in [0.25, 0.3) is 11.8 Å². The van der Waals surface area contributed by atoms with Crippen LogP contribution in [0, 0.1) is 0 Å². The number of rotatable bonds is 6. The Balaban J connectivity index is 1.79. The molecule has 0 unspecified atom stereocenters. The molecule has 7 heteroatoms. The molecule has 1 N–H and O–H groups in total. The first kappa shape index (κ1) is 21.1. The molecule has 1 fully saturated rings. The minimum absolute atomic E-state index is 0.157. The van der Waals surface area contributed by atoms with E-state index in [1.165, 1.54) is 6.08 Å². The van der Waals surface area contributed by atoms with Crippen molar-refractivity contribution in [2.75, 3.05) is 18.1 Å². The molecule has 162 valence electrons. The predicted molar refractivity (Wildman–Crippen MR) is 122 cm³/mol. The van der Waals surface area contributed by atoms with Crippen LogP contribution in [0.2, 0.25) is 0 Å². The minimum Gasteiger partial charge on any atom is -0.494 e. The summed E-state index contributed by atoms with van der Waals surface area (Å²) < 4.78 is 11.2. The second kappa shape index (κ2) is 8.93. The third kappa shape index (κ3) is 3.92. The Morgan fingerprint density at radius 2 is 1.59 bits per heavy atom. The van der Waals surface area contributed by atoms with E-state index in [0.29, 0.717) is 36.0 Å². The lowest BCUT2D eigenvalue weighted by molar-refractivity contribution is -0.122. The molecule has 3 aromatic rings. The molecule has 0 saturated carbocycles. The molecule has 1 aliphatic heterocycles. The average Bonchev–Trinajstić information content (AvgIpc) is 2.79. The summed E-state index contributed by atoms with van der Waals surface area (Å²) in [6, 6.07) is 17.1. The molecule has 0 bridgehead atoms. The van der Waals surface area contributed by atoms with Crippen LogP contribution in [0.15, 0.2) is 66.2 Å². The zero-order valence-electron chi connectivity index (χ0n) is 17.8. The van der Waals surface area contributed by atoms with Crippen LogP contribution in [0.1, 0.15) is 19.4 Å². The molecule has 1 aliphatic rings. The van der Waals surface area contributed by atoms with Crippen molar-refractivity contribution in [2.24, 2.45) is 0 Å². The fraction of sp³-hybridized carbons (Fsp3) is 0.160. The molecule has 32 heavy (non-hydrogen) atoms. The zero-order chi connectivity index (χ0) is 22.7. The monoisotopic (exact) mass is 430 g/mol. The fourth-order valence-corrected chi connectivity index (χ4v) is 3.60. The van der Waals surface area contributed by atoms with Gasteiger partial charge in [0.05, 0.1) is 18.9 Å². The number of benzene rings is 3. The summed E-state index contributed by atoms with van der Waals surface area (Å²) in [6.45, 7) is 4.64. The second-order valence-electron chi connectivity index (χ2n) is 7.02. The number of imide groups is 2. The van der Waals surface area contributed by atoms with Gasteiger partial charge in [0, 0.05) is 5.56 Å². The number of fused-ring (bicyclic) bond motifs is 1. The number of barbiturate groups is 1. The van der Waals surface area contributed by atoms with Crippen molar-refractivity contribution in [3.8, 4) is 11.5 Å². The van der Waals surface area contributed by atoms with E-state index in [4.69, 9.17) is 9.47 Å². The Hall–Kier alpha value is -4.13. The topological polar surface area (TPSA) is 84.9 Å². The van der Waals surface area contributed by atoms with Crippen LogP contribution in [0.3, 0.4) is 0 Å².